The van der Waals surface area contributed by atoms with Gasteiger partial charge in [0, 0.05) is 0 Å². The molecule has 44 heavy (non-hydrogen) atoms. The molecule has 0 saturated carbocycles. The minimum Gasteiger partial charge on any atom is -0.0622 e. The van der Waals surface area contributed by atoms with E-state index < -0.39 is 256 Å². The second-order valence-electron chi connectivity index (χ2n) is 9.50. The zero-order valence-electron chi connectivity index (χ0n) is 50.0. The van der Waals surface area contributed by atoms with Gasteiger partial charge in [-0.1, -0.05) is 157 Å². The minimum atomic E-state index is -1.11. The van der Waals surface area contributed by atoms with E-state index in [1.54, 1.807) is 0 Å². The lowest BCUT2D eigenvalue weighted by atomic mass is 9.83. The van der Waals surface area contributed by atoms with Gasteiger partial charge in [-0.3, -0.25) is 0 Å². The maximum Gasteiger partial charge on any atom is 0.0636 e. The summed E-state index contributed by atoms with van der Waals surface area (Å²) in [5.74, 6) is 0. The Labute approximate surface area is 295 Å². The van der Waals surface area contributed by atoms with E-state index in [9.17, 15) is 12.3 Å². The van der Waals surface area contributed by atoms with Gasteiger partial charge in [-0.2, -0.15) is 0 Å². The fourth-order valence-corrected chi connectivity index (χ4v) is 5.25. The average Bonchev–Trinajstić information content (AvgIpc) is 3.34. The van der Waals surface area contributed by atoms with Gasteiger partial charge in [0.2, 0.25) is 0 Å². The minimum absolute atomic E-state index is 0.530. The van der Waals surface area contributed by atoms with Crippen molar-refractivity contribution in [3.63, 3.8) is 0 Å². The highest BCUT2D eigenvalue weighted by Gasteiger charge is 2.19. The first-order valence-electron chi connectivity index (χ1n) is 27.0. The molecule has 0 aliphatic carbocycles. The van der Waals surface area contributed by atoms with Gasteiger partial charge in [0.15, 0.2) is 0 Å². The maximum atomic E-state index is 10.0. The molecule has 0 saturated heterocycles. The first kappa shape index (κ1) is 9.64. The van der Waals surface area contributed by atoms with Crippen LogP contribution >= 0.6 is 0 Å². The number of hydrogen-bond donors (Lipinski definition) is 0. The Morgan fingerprint density at radius 1 is 0.273 bits per heavy atom. The SMILES string of the molecule is [2H]c1c([2H])c([2H])c(-c2c([2H])c([2H])c3c(-c4c([2H])c([2H])c5c(c4[2H])c([2H])c([2H])c4c([2H])c([2H])c([2H])c([2H])c45)c4c([2H])c([2H])c([2H])c([2H])c4c(-c4c([2H])c([2H])c([2H])c5c([2H])c([2H])c([2H])c([2H])c45)c3c2[2H])c([2H])c1[2H]. The van der Waals surface area contributed by atoms with Gasteiger partial charge in [-0.05, 0) is 99.3 Å². The Balaban J connectivity index is 1.71. The van der Waals surface area contributed by atoms with E-state index in [1.165, 1.54) is 0 Å². The van der Waals surface area contributed by atoms with Gasteiger partial charge >= 0.3 is 0 Å². The molecule has 0 heteroatoms. The molecular weight excluding hydrogens is 528 g/mol. The predicted octanol–water partition coefficient (Wildman–Crippen LogP) is 12.5. The largest absolute Gasteiger partial charge is 0.0636 e. The van der Waals surface area contributed by atoms with E-state index in [1.807, 2.05) is 0 Å². The molecule has 0 fully saturated rings. The molecule has 9 rings (SSSR count). The summed E-state index contributed by atoms with van der Waals surface area (Å²) in [5, 5.41) is -7.00. The highest BCUT2D eigenvalue weighted by atomic mass is 14.2. The predicted molar refractivity (Wildman–Crippen MR) is 190 cm³/mol. The van der Waals surface area contributed by atoms with Gasteiger partial charge in [0.25, 0.3) is 0 Å². The second kappa shape index (κ2) is 9.93. The Hall–Kier alpha value is -5.72. The molecule has 0 aliphatic heterocycles. The van der Waals surface area contributed by atoms with Crippen molar-refractivity contribution in [3.8, 4) is 33.4 Å². The summed E-state index contributed by atoms with van der Waals surface area (Å²) in [7, 11) is 0. The number of rotatable bonds is 3. The van der Waals surface area contributed by atoms with Crippen LogP contribution in [0.3, 0.4) is 0 Å². The third-order valence-electron chi connectivity index (χ3n) is 7.12. The molecule has 9 aromatic rings. The van der Waals surface area contributed by atoms with Crippen molar-refractivity contribution in [2.75, 3.05) is 0 Å². The topological polar surface area (TPSA) is 0 Å². The summed E-state index contributed by atoms with van der Waals surface area (Å²) in [6, 6.07) is -26.9. The van der Waals surface area contributed by atoms with E-state index in [4.69, 9.17) is 26.0 Å². The van der Waals surface area contributed by atoms with Crippen molar-refractivity contribution in [3.05, 3.63) is 169 Å². The van der Waals surface area contributed by atoms with Gasteiger partial charge in [0.05, 0.1) is 38.4 Å². The van der Waals surface area contributed by atoms with Crippen LogP contribution in [0.2, 0.25) is 0 Å². The summed E-state index contributed by atoms with van der Waals surface area (Å²) < 4.78 is 252. The Bertz CT molecular complexity index is 4080. The smallest absolute Gasteiger partial charge is 0.0622 e. The molecule has 204 valence electrons. The number of hydrogen-bond acceptors (Lipinski definition) is 0. The highest BCUT2D eigenvalue weighted by molar-refractivity contribution is 6.24. The molecule has 0 heterocycles. The van der Waals surface area contributed by atoms with Crippen LogP contribution in [0.4, 0.5) is 0 Å². The number of benzene rings is 9. The Morgan fingerprint density at radius 2 is 0.818 bits per heavy atom. The highest BCUT2D eigenvalue weighted by Crippen LogP contribution is 2.46. The van der Waals surface area contributed by atoms with Crippen LogP contribution in [0.15, 0.2) is 169 Å². The van der Waals surface area contributed by atoms with Crippen molar-refractivity contribution in [2.45, 2.75) is 0 Å². The van der Waals surface area contributed by atoms with Gasteiger partial charge in [0.1, 0.15) is 0 Å². The lowest BCUT2D eigenvalue weighted by Crippen LogP contribution is -1.92. The summed E-state index contributed by atoms with van der Waals surface area (Å²) in [6.07, 6.45) is 0. The van der Waals surface area contributed by atoms with Gasteiger partial charge in [-0.15, -0.1) is 0 Å². The molecule has 9 aromatic carbocycles. The van der Waals surface area contributed by atoms with E-state index >= 15 is 0 Å². The standard InChI is InChI=1S/C44H28/c1-2-11-29(12-3-1)32-23-26-41-42(28-32)44(38-20-10-15-30-13-4-7-17-36(30)38)40-19-9-8-18-39(40)43(41)34-24-25-37-33(27-34)22-21-31-14-5-6-16-35(31)37/h1-28H/i1D,2D,3D,4D,5D,6D,7D,8D,9D,10D,11D,12D,13D,14D,15D,16D,17D,18D,19D,20D,21D,22D,23D,24D,25D,26D,27D,28D. The van der Waals surface area contributed by atoms with Crippen LogP contribution in [0.1, 0.15) is 38.4 Å². The maximum absolute atomic E-state index is 10.0. The molecule has 0 amide bonds. The normalized spacial score (nSPS) is 20.5. The molecule has 0 N–H and O–H groups in total. The van der Waals surface area contributed by atoms with E-state index in [-0.39, 0.29) is 0 Å². The summed E-state index contributed by atoms with van der Waals surface area (Å²) >= 11 is 0. The monoisotopic (exact) mass is 584 g/mol. The average molecular weight is 585 g/mol. The third kappa shape index (κ3) is 3.85. The van der Waals surface area contributed by atoms with Crippen molar-refractivity contribution < 1.29 is 38.4 Å². The molecule has 0 aliphatic rings. The summed E-state index contributed by atoms with van der Waals surface area (Å²) in [5.41, 5.74) is -4.99. The van der Waals surface area contributed by atoms with Crippen molar-refractivity contribution in [2.24, 2.45) is 0 Å². The van der Waals surface area contributed by atoms with Crippen LogP contribution in [0.25, 0.3) is 87.2 Å². The molecule has 0 unspecified atom stereocenters. The third-order valence-corrected chi connectivity index (χ3v) is 7.12. The van der Waals surface area contributed by atoms with Crippen LogP contribution < -0.4 is 0 Å². The lowest BCUT2D eigenvalue weighted by molar-refractivity contribution is 1.64. The van der Waals surface area contributed by atoms with E-state index in [2.05, 4.69) is 0 Å². The first-order chi connectivity index (χ1) is 33.5. The Kier molecular flexibility index (Phi) is 2.18. The van der Waals surface area contributed by atoms with Gasteiger partial charge in [-0.25, -0.2) is 0 Å². The molecule has 0 bridgehead atoms. The fourth-order valence-electron chi connectivity index (χ4n) is 5.25. The van der Waals surface area contributed by atoms with Crippen molar-refractivity contribution in [1.29, 1.82) is 0 Å². The molecule has 0 aromatic heterocycles. The second-order valence-corrected chi connectivity index (χ2v) is 9.50. The van der Waals surface area contributed by atoms with E-state index in [0.29, 0.717) is 0 Å². The van der Waals surface area contributed by atoms with Crippen LogP contribution in [-0.2, 0) is 0 Å². The fraction of sp³-hybridized carbons (Fsp3) is 0. The molecule has 0 spiro atoms. The van der Waals surface area contributed by atoms with Crippen LogP contribution in [0, 0.1) is 0 Å². The molecule has 0 nitrogen and oxygen atoms in total. The first-order valence-corrected chi connectivity index (χ1v) is 13.0. The quantitative estimate of drug-likeness (QED) is 0.143. The number of fused-ring (bicyclic) bond motifs is 6. The van der Waals surface area contributed by atoms with E-state index in [0.717, 1.165) is 0 Å². The van der Waals surface area contributed by atoms with Gasteiger partial charge < -0.3 is 0 Å². The Morgan fingerprint density at radius 3 is 1.64 bits per heavy atom. The van der Waals surface area contributed by atoms with Crippen LogP contribution in [0.5, 0.6) is 0 Å². The summed E-state index contributed by atoms with van der Waals surface area (Å²) in [4.78, 5) is 0. The zero-order chi connectivity index (χ0) is 53.4. The molecule has 0 radical (unpaired) electrons. The molecular formula is C44H28. The van der Waals surface area contributed by atoms with Crippen molar-refractivity contribution >= 4 is 53.9 Å². The lowest BCUT2D eigenvalue weighted by Gasteiger charge is -2.20. The van der Waals surface area contributed by atoms with Crippen molar-refractivity contribution in [1.82, 2.24) is 0 Å². The zero-order valence-corrected chi connectivity index (χ0v) is 22.0. The summed E-state index contributed by atoms with van der Waals surface area (Å²) in [6.45, 7) is 0. The molecule has 0 atom stereocenters. The van der Waals surface area contributed by atoms with Crippen LogP contribution in [-0.4, -0.2) is 0 Å².